The Kier molecular flexibility index (Phi) is 5.86. The van der Waals surface area contributed by atoms with Crippen LogP contribution in [0.1, 0.15) is 26.3 Å². The van der Waals surface area contributed by atoms with E-state index in [1.54, 1.807) is 0 Å². The summed E-state index contributed by atoms with van der Waals surface area (Å²) in [5.74, 6) is 0. The van der Waals surface area contributed by atoms with Crippen LogP contribution in [-0.2, 0) is 5.41 Å². The van der Waals surface area contributed by atoms with Gasteiger partial charge >= 0.3 is 0 Å². The third kappa shape index (κ3) is 4.00. The van der Waals surface area contributed by atoms with Crippen LogP contribution in [0.4, 0.5) is 0 Å². The van der Waals surface area contributed by atoms with Gasteiger partial charge in [0, 0.05) is 0 Å². The SMILES string of the molecule is CC(C)(C)c1ccc2c(-c3cc4cccc5ccc6cccc3c6c54)c3ccccc3c(-c3ccccc3-c3ccccc3)c2c1. The molecule has 0 radical (unpaired) electrons. The van der Waals surface area contributed by atoms with Crippen molar-refractivity contribution in [2.45, 2.75) is 26.2 Å². The maximum absolute atomic E-state index is 2.47. The van der Waals surface area contributed by atoms with Gasteiger partial charge in [-0.2, -0.15) is 0 Å². The van der Waals surface area contributed by atoms with Crippen molar-refractivity contribution in [2.75, 3.05) is 0 Å². The van der Waals surface area contributed by atoms with Crippen LogP contribution in [0.15, 0.2) is 152 Å². The molecule has 9 rings (SSSR count). The molecule has 0 saturated carbocycles. The molecule has 0 bridgehead atoms. The van der Waals surface area contributed by atoms with E-state index in [1.165, 1.54) is 92.8 Å². The van der Waals surface area contributed by atoms with Gasteiger partial charge in [-0.1, -0.05) is 160 Å². The Morgan fingerprint density at radius 3 is 1.65 bits per heavy atom. The van der Waals surface area contributed by atoms with Crippen LogP contribution in [0.5, 0.6) is 0 Å². The van der Waals surface area contributed by atoms with Gasteiger partial charge in [0.1, 0.15) is 0 Å². The van der Waals surface area contributed by atoms with Gasteiger partial charge < -0.3 is 0 Å². The van der Waals surface area contributed by atoms with Crippen LogP contribution in [0.3, 0.4) is 0 Å². The second-order valence-corrected chi connectivity index (χ2v) is 13.7. The smallest absolute Gasteiger partial charge is 0.00199 e. The quantitative estimate of drug-likeness (QED) is 0.143. The van der Waals surface area contributed by atoms with Crippen molar-refractivity contribution >= 4 is 53.9 Å². The Morgan fingerprint density at radius 2 is 0.913 bits per heavy atom. The molecule has 0 fully saturated rings. The van der Waals surface area contributed by atoms with Gasteiger partial charge in [-0.3, -0.25) is 0 Å². The lowest BCUT2D eigenvalue weighted by molar-refractivity contribution is 0.591. The molecule has 0 heteroatoms. The standard InChI is InChI=1S/C46H34/c1-46(2,3)33-25-26-39-41(28-33)44(35-19-8-7-18-34(35)29-13-5-4-6-14-29)36-20-9-10-21-37(36)45(39)40-27-32-17-11-15-30-23-24-31-16-12-22-38(40)43(31)42(30)32/h4-28H,1-3H3. The largest absolute Gasteiger partial charge is 0.0622 e. The maximum atomic E-state index is 2.47. The molecule has 9 aromatic carbocycles. The fourth-order valence-corrected chi connectivity index (χ4v) is 7.76. The summed E-state index contributed by atoms with van der Waals surface area (Å²) in [7, 11) is 0. The van der Waals surface area contributed by atoms with E-state index in [1.807, 2.05) is 0 Å². The second kappa shape index (κ2) is 10.0. The third-order valence-corrected chi connectivity index (χ3v) is 9.95. The van der Waals surface area contributed by atoms with Gasteiger partial charge in [-0.05, 0) is 110 Å². The van der Waals surface area contributed by atoms with E-state index >= 15 is 0 Å². The van der Waals surface area contributed by atoms with Crippen molar-refractivity contribution in [1.82, 2.24) is 0 Å². The lowest BCUT2D eigenvalue weighted by Gasteiger charge is -2.24. The van der Waals surface area contributed by atoms with Gasteiger partial charge in [-0.25, -0.2) is 0 Å². The molecule has 9 aromatic rings. The molecule has 0 aromatic heterocycles. The topological polar surface area (TPSA) is 0 Å². The van der Waals surface area contributed by atoms with Crippen LogP contribution in [-0.4, -0.2) is 0 Å². The van der Waals surface area contributed by atoms with Crippen molar-refractivity contribution in [1.29, 1.82) is 0 Å². The molecule has 0 nitrogen and oxygen atoms in total. The van der Waals surface area contributed by atoms with Crippen LogP contribution >= 0.6 is 0 Å². The Balaban J connectivity index is 1.49. The zero-order chi connectivity index (χ0) is 31.0. The average Bonchev–Trinajstić information content (AvgIpc) is 3.09. The van der Waals surface area contributed by atoms with E-state index in [-0.39, 0.29) is 5.41 Å². The first-order valence-corrected chi connectivity index (χ1v) is 16.3. The molecule has 218 valence electrons. The van der Waals surface area contributed by atoms with Crippen molar-refractivity contribution in [3.63, 3.8) is 0 Å². The number of benzene rings is 9. The Morgan fingerprint density at radius 1 is 0.348 bits per heavy atom. The second-order valence-electron chi connectivity index (χ2n) is 13.7. The van der Waals surface area contributed by atoms with E-state index in [9.17, 15) is 0 Å². The van der Waals surface area contributed by atoms with Gasteiger partial charge in [0.2, 0.25) is 0 Å². The highest BCUT2D eigenvalue weighted by atomic mass is 14.3. The van der Waals surface area contributed by atoms with Gasteiger partial charge in [0.25, 0.3) is 0 Å². The fraction of sp³-hybridized carbons (Fsp3) is 0.0870. The van der Waals surface area contributed by atoms with E-state index in [0.717, 1.165) is 0 Å². The number of hydrogen-bond donors (Lipinski definition) is 0. The molecule has 0 saturated heterocycles. The zero-order valence-corrected chi connectivity index (χ0v) is 26.4. The molecule has 0 heterocycles. The summed E-state index contributed by atoms with van der Waals surface area (Å²) in [5.41, 5.74) is 9.02. The molecule has 0 aliphatic heterocycles. The molecule has 0 atom stereocenters. The summed E-state index contributed by atoms with van der Waals surface area (Å²) in [4.78, 5) is 0. The molecular formula is C46H34. The Bertz CT molecular complexity index is 2600. The first-order chi connectivity index (χ1) is 22.5. The van der Waals surface area contributed by atoms with Gasteiger partial charge in [-0.15, -0.1) is 0 Å². The van der Waals surface area contributed by atoms with Crippen LogP contribution < -0.4 is 0 Å². The molecule has 46 heavy (non-hydrogen) atoms. The molecule has 0 aliphatic rings. The average molecular weight is 587 g/mol. The first-order valence-electron chi connectivity index (χ1n) is 16.3. The predicted molar refractivity (Wildman–Crippen MR) is 200 cm³/mol. The van der Waals surface area contributed by atoms with Crippen LogP contribution in [0.2, 0.25) is 0 Å². The van der Waals surface area contributed by atoms with Crippen molar-refractivity contribution in [3.05, 3.63) is 157 Å². The lowest BCUT2D eigenvalue weighted by atomic mass is 9.79. The summed E-state index contributed by atoms with van der Waals surface area (Å²) in [6.07, 6.45) is 0. The van der Waals surface area contributed by atoms with E-state index in [4.69, 9.17) is 0 Å². The molecular weight excluding hydrogens is 553 g/mol. The number of hydrogen-bond acceptors (Lipinski definition) is 0. The monoisotopic (exact) mass is 586 g/mol. The van der Waals surface area contributed by atoms with Crippen molar-refractivity contribution in [3.8, 4) is 33.4 Å². The van der Waals surface area contributed by atoms with E-state index in [2.05, 4.69) is 172 Å². The third-order valence-electron chi connectivity index (χ3n) is 9.95. The highest BCUT2D eigenvalue weighted by Crippen LogP contribution is 2.49. The van der Waals surface area contributed by atoms with Crippen molar-refractivity contribution in [2.24, 2.45) is 0 Å². The van der Waals surface area contributed by atoms with E-state index in [0.29, 0.717) is 0 Å². The first kappa shape index (κ1) is 26.9. The fourth-order valence-electron chi connectivity index (χ4n) is 7.76. The summed E-state index contributed by atoms with van der Waals surface area (Å²) >= 11 is 0. The summed E-state index contributed by atoms with van der Waals surface area (Å²) in [5, 5.41) is 13.1. The van der Waals surface area contributed by atoms with Crippen LogP contribution in [0, 0.1) is 0 Å². The molecule has 0 aliphatic carbocycles. The van der Waals surface area contributed by atoms with Gasteiger partial charge in [0.15, 0.2) is 0 Å². The number of fused-ring (bicyclic) bond motifs is 2. The number of rotatable bonds is 3. The Hall–Kier alpha value is -5.46. The van der Waals surface area contributed by atoms with Crippen molar-refractivity contribution < 1.29 is 0 Å². The van der Waals surface area contributed by atoms with E-state index < -0.39 is 0 Å². The van der Waals surface area contributed by atoms with Gasteiger partial charge in [0.05, 0.1) is 0 Å². The van der Waals surface area contributed by atoms with Crippen LogP contribution in [0.25, 0.3) is 87.2 Å². The predicted octanol–water partition coefficient (Wildman–Crippen LogP) is 13.2. The molecule has 0 N–H and O–H groups in total. The zero-order valence-electron chi connectivity index (χ0n) is 26.4. The summed E-state index contributed by atoms with van der Waals surface area (Å²) in [6.45, 7) is 6.95. The molecule has 0 amide bonds. The highest BCUT2D eigenvalue weighted by Gasteiger charge is 2.23. The maximum Gasteiger partial charge on any atom is -0.00199 e. The highest BCUT2D eigenvalue weighted by molar-refractivity contribution is 6.30. The summed E-state index contributed by atoms with van der Waals surface area (Å²) < 4.78 is 0. The molecule has 0 unspecified atom stereocenters. The molecule has 0 spiro atoms. The minimum atomic E-state index is 0.0144. The minimum absolute atomic E-state index is 0.0144. The Labute approximate surface area is 269 Å². The normalized spacial score (nSPS) is 12.2. The summed E-state index contributed by atoms with van der Waals surface area (Å²) in [6, 6.07) is 56.6. The lowest BCUT2D eigenvalue weighted by Crippen LogP contribution is -2.10. The minimum Gasteiger partial charge on any atom is -0.0622 e.